The van der Waals surface area contributed by atoms with Crippen molar-refractivity contribution in [3.05, 3.63) is 35.4 Å². The molecule has 16 heavy (non-hydrogen) atoms. The van der Waals surface area contributed by atoms with E-state index in [0.29, 0.717) is 12.2 Å². The van der Waals surface area contributed by atoms with Crippen molar-refractivity contribution in [1.82, 2.24) is 0 Å². The van der Waals surface area contributed by atoms with Gasteiger partial charge >= 0.3 is 0 Å². The van der Waals surface area contributed by atoms with Crippen LogP contribution in [-0.4, -0.2) is 12.8 Å². The van der Waals surface area contributed by atoms with Gasteiger partial charge in [0.1, 0.15) is 12.8 Å². The molecule has 3 heteroatoms. The summed E-state index contributed by atoms with van der Waals surface area (Å²) >= 11 is 0. The fourth-order valence-electron chi connectivity index (χ4n) is 1.21. The second kappa shape index (κ2) is 7.47. The first-order chi connectivity index (χ1) is 7.86. The summed E-state index contributed by atoms with van der Waals surface area (Å²) in [6, 6.07) is 9.16. The molecule has 0 saturated carbocycles. The van der Waals surface area contributed by atoms with Gasteiger partial charge in [0.25, 0.3) is 0 Å². The van der Waals surface area contributed by atoms with E-state index in [9.17, 15) is 0 Å². The van der Waals surface area contributed by atoms with E-state index in [1.807, 2.05) is 6.07 Å². The minimum atomic E-state index is 0.603. The third kappa shape index (κ3) is 4.61. The van der Waals surface area contributed by atoms with Crippen LogP contribution in [0.1, 0.15) is 37.3 Å². The number of hydrogen-bond acceptors (Lipinski definition) is 3. The van der Waals surface area contributed by atoms with E-state index in [-0.39, 0.29) is 0 Å². The maximum atomic E-state index is 8.69. The predicted octanol–water partition coefficient (Wildman–Crippen LogP) is 2.98. The Bertz CT molecular complexity index is 380. The SMILES string of the molecule is CCCCCO/N=[C]/c1cccc(C#N)c1. The molecule has 0 amide bonds. The Morgan fingerprint density at radius 1 is 1.31 bits per heavy atom. The molecular formula is C13H15N2O. The molecule has 1 rings (SSSR count). The molecule has 0 aliphatic rings. The number of hydrogen-bond donors (Lipinski definition) is 0. The molecule has 0 unspecified atom stereocenters. The fraction of sp³-hybridized carbons (Fsp3) is 0.385. The minimum Gasteiger partial charge on any atom is -0.395 e. The topological polar surface area (TPSA) is 45.4 Å². The highest BCUT2D eigenvalue weighted by atomic mass is 16.6. The van der Waals surface area contributed by atoms with Crippen LogP contribution in [0.3, 0.4) is 0 Å². The van der Waals surface area contributed by atoms with E-state index in [4.69, 9.17) is 10.1 Å². The van der Waals surface area contributed by atoms with Gasteiger partial charge in [-0.15, -0.1) is 0 Å². The van der Waals surface area contributed by atoms with E-state index >= 15 is 0 Å². The summed E-state index contributed by atoms with van der Waals surface area (Å²) in [5.41, 5.74) is 1.36. The number of nitrogens with zero attached hydrogens (tertiary/aromatic N) is 2. The van der Waals surface area contributed by atoms with Crippen LogP contribution < -0.4 is 0 Å². The molecule has 0 aromatic heterocycles. The van der Waals surface area contributed by atoms with Crippen molar-refractivity contribution < 1.29 is 4.84 Å². The lowest BCUT2D eigenvalue weighted by Crippen LogP contribution is -1.89. The summed E-state index contributed by atoms with van der Waals surface area (Å²) in [6.45, 7) is 2.77. The van der Waals surface area contributed by atoms with E-state index in [0.717, 1.165) is 18.4 Å². The molecule has 0 N–H and O–H groups in total. The monoisotopic (exact) mass is 215 g/mol. The normalized spacial score (nSPS) is 10.2. The summed E-state index contributed by atoms with van der Waals surface area (Å²) in [6.07, 6.45) is 6.08. The molecule has 1 radical (unpaired) electrons. The Balaban J connectivity index is 2.35. The number of nitriles is 1. The molecule has 1 aromatic carbocycles. The van der Waals surface area contributed by atoms with Crippen molar-refractivity contribution in [3.63, 3.8) is 0 Å². The lowest BCUT2D eigenvalue weighted by atomic mass is 10.1. The van der Waals surface area contributed by atoms with Crippen LogP contribution >= 0.6 is 0 Å². The van der Waals surface area contributed by atoms with Crippen LogP contribution in [0.5, 0.6) is 0 Å². The van der Waals surface area contributed by atoms with Gasteiger partial charge in [0.15, 0.2) is 0 Å². The van der Waals surface area contributed by atoms with Crippen molar-refractivity contribution in [1.29, 1.82) is 5.26 Å². The molecule has 1 aromatic rings. The van der Waals surface area contributed by atoms with Gasteiger partial charge in [-0.05, 0) is 18.6 Å². The van der Waals surface area contributed by atoms with Crippen molar-refractivity contribution in [2.24, 2.45) is 5.16 Å². The molecule has 0 spiro atoms. The van der Waals surface area contributed by atoms with Gasteiger partial charge < -0.3 is 4.84 Å². The molecule has 0 fully saturated rings. The Morgan fingerprint density at radius 2 is 2.12 bits per heavy atom. The summed E-state index contributed by atoms with van der Waals surface area (Å²) < 4.78 is 0. The van der Waals surface area contributed by atoms with Crippen molar-refractivity contribution in [3.8, 4) is 6.07 Å². The summed E-state index contributed by atoms with van der Waals surface area (Å²) in [5, 5.41) is 12.4. The van der Waals surface area contributed by atoms with Crippen LogP contribution in [-0.2, 0) is 4.84 Å². The highest BCUT2D eigenvalue weighted by Crippen LogP contribution is 2.01. The standard InChI is InChI=1S/C13H15N2O/c1-2-3-4-8-16-15-11-13-7-5-6-12(9-13)10-14/h5-7,9H,2-4,8H2,1H3. The molecule has 0 aliphatic heterocycles. The third-order valence-corrected chi connectivity index (χ3v) is 2.07. The zero-order valence-electron chi connectivity index (χ0n) is 9.44. The Morgan fingerprint density at radius 3 is 2.88 bits per heavy atom. The number of unbranched alkanes of at least 4 members (excludes halogenated alkanes) is 2. The molecule has 0 atom stereocenters. The van der Waals surface area contributed by atoms with Crippen LogP contribution in [0.25, 0.3) is 0 Å². The molecule has 0 aliphatic carbocycles. The molecule has 0 bridgehead atoms. The first-order valence-corrected chi connectivity index (χ1v) is 5.45. The van der Waals surface area contributed by atoms with Crippen LogP contribution in [0.15, 0.2) is 29.4 Å². The lowest BCUT2D eigenvalue weighted by Gasteiger charge is -1.97. The third-order valence-electron chi connectivity index (χ3n) is 2.07. The van der Waals surface area contributed by atoms with Crippen LogP contribution in [0.2, 0.25) is 0 Å². The zero-order valence-corrected chi connectivity index (χ0v) is 9.44. The van der Waals surface area contributed by atoms with Gasteiger partial charge in [-0.25, -0.2) is 0 Å². The van der Waals surface area contributed by atoms with E-state index in [2.05, 4.69) is 24.4 Å². The molecule has 0 saturated heterocycles. The summed E-state index contributed by atoms with van der Waals surface area (Å²) in [5.74, 6) is 0. The Kier molecular flexibility index (Phi) is 5.72. The van der Waals surface area contributed by atoms with Gasteiger partial charge in [0.05, 0.1) is 11.6 Å². The predicted molar refractivity (Wildman–Crippen MR) is 63.2 cm³/mol. The largest absolute Gasteiger partial charge is 0.395 e. The fourth-order valence-corrected chi connectivity index (χ4v) is 1.21. The summed E-state index contributed by atoms with van der Waals surface area (Å²) in [4.78, 5) is 5.04. The second-order valence-corrected chi connectivity index (χ2v) is 3.44. The minimum absolute atomic E-state index is 0.603. The average molecular weight is 215 g/mol. The van der Waals surface area contributed by atoms with Gasteiger partial charge in [-0.3, -0.25) is 0 Å². The molecule has 83 valence electrons. The van der Waals surface area contributed by atoms with Crippen molar-refractivity contribution in [2.75, 3.05) is 6.61 Å². The van der Waals surface area contributed by atoms with Gasteiger partial charge in [-0.1, -0.05) is 37.1 Å². The smallest absolute Gasteiger partial charge is 0.139 e. The van der Waals surface area contributed by atoms with Crippen molar-refractivity contribution in [2.45, 2.75) is 26.2 Å². The molecular weight excluding hydrogens is 200 g/mol. The second-order valence-electron chi connectivity index (χ2n) is 3.44. The Labute approximate surface area is 96.3 Å². The van der Waals surface area contributed by atoms with Gasteiger partial charge in [-0.2, -0.15) is 5.26 Å². The van der Waals surface area contributed by atoms with E-state index in [1.54, 1.807) is 18.2 Å². The van der Waals surface area contributed by atoms with Crippen LogP contribution in [0.4, 0.5) is 0 Å². The number of rotatable bonds is 6. The highest BCUT2D eigenvalue weighted by molar-refractivity contribution is 5.79. The Hall–Kier alpha value is -1.82. The van der Waals surface area contributed by atoms with Gasteiger partial charge in [0.2, 0.25) is 0 Å². The zero-order chi connectivity index (χ0) is 11.6. The maximum absolute atomic E-state index is 8.69. The molecule has 3 nitrogen and oxygen atoms in total. The average Bonchev–Trinajstić information content (AvgIpc) is 2.34. The quantitative estimate of drug-likeness (QED) is 0.416. The number of benzene rings is 1. The van der Waals surface area contributed by atoms with E-state index in [1.165, 1.54) is 6.42 Å². The first-order valence-electron chi connectivity index (χ1n) is 5.45. The lowest BCUT2D eigenvalue weighted by molar-refractivity contribution is 0.141. The van der Waals surface area contributed by atoms with E-state index < -0.39 is 0 Å². The summed E-state index contributed by atoms with van der Waals surface area (Å²) in [7, 11) is 0. The van der Waals surface area contributed by atoms with Crippen molar-refractivity contribution >= 4 is 6.21 Å². The van der Waals surface area contributed by atoms with Gasteiger partial charge in [0, 0.05) is 5.56 Å². The first kappa shape index (κ1) is 12.3. The molecule has 0 heterocycles. The van der Waals surface area contributed by atoms with Crippen LogP contribution in [0, 0.1) is 11.3 Å². The highest BCUT2D eigenvalue weighted by Gasteiger charge is 1.92. The maximum Gasteiger partial charge on any atom is 0.139 e.